The molecule has 24 heavy (non-hydrogen) atoms. The molecule has 0 saturated carbocycles. The summed E-state index contributed by atoms with van der Waals surface area (Å²) in [6.45, 7) is 0. The Kier molecular flexibility index (Phi) is 4.62. The van der Waals surface area contributed by atoms with Crippen LogP contribution in [0.2, 0.25) is 5.02 Å². The SMILES string of the molecule is Cn1ccnc1C(NC(=O)c1cccc(Cl)c1)c1cccc(F)c1. The Morgan fingerprint density at radius 2 is 2.04 bits per heavy atom. The largest absolute Gasteiger partial charge is 0.338 e. The smallest absolute Gasteiger partial charge is 0.252 e. The molecule has 0 radical (unpaired) electrons. The average molecular weight is 344 g/mol. The Bertz CT molecular complexity index is 878. The molecule has 2 aromatic carbocycles. The lowest BCUT2D eigenvalue weighted by Crippen LogP contribution is -2.31. The van der Waals surface area contributed by atoms with Crippen LogP contribution >= 0.6 is 11.6 Å². The van der Waals surface area contributed by atoms with E-state index in [9.17, 15) is 9.18 Å². The zero-order chi connectivity index (χ0) is 17.1. The van der Waals surface area contributed by atoms with E-state index in [2.05, 4.69) is 10.3 Å². The summed E-state index contributed by atoms with van der Waals surface area (Å²) in [5, 5.41) is 3.37. The van der Waals surface area contributed by atoms with Crippen molar-refractivity contribution in [2.45, 2.75) is 6.04 Å². The number of rotatable bonds is 4. The van der Waals surface area contributed by atoms with Crippen LogP contribution in [0.3, 0.4) is 0 Å². The number of nitrogens with one attached hydrogen (secondary N) is 1. The maximum atomic E-state index is 13.6. The van der Waals surface area contributed by atoms with Crippen molar-refractivity contribution in [2.75, 3.05) is 0 Å². The van der Waals surface area contributed by atoms with Gasteiger partial charge in [0.2, 0.25) is 0 Å². The van der Waals surface area contributed by atoms with Gasteiger partial charge >= 0.3 is 0 Å². The van der Waals surface area contributed by atoms with Crippen molar-refractivity contribution < 1.29 is 9.18 Å². The van der Waals surface area contributed by atoms with Gasteiger partial charge in [0.25, 0.3) is 5.91 Å². The van der Waals surface area contributed by atoms with E-state index in [-0.39, 0.29) is 11.7 Å². The van der Waals surface area contributed by atoms with Crippen molar-refractivity contribution in [3.05, 3.63) is 88.7 Å². The van der Waals surface area contributed by atoms with Crippen molar-refractivity contribution in [2.24, 2.45) is 7.05 Å². The minimum Gasteiger partial charge on any atom is -0.338 e. The summed E-state index contributed by atoms with van der Waals surface area (Å²) in [6.07, 6.45) is 3.40. The average Bonchev–Trinajstić information content (AvgIpc) is 2.98. The number of hydrogen-bond donors (Lipinski definition) is 1. The van der Waals surface area contributed by atoms with Crippen molar-refractivity contribution in [3.8, 4) is 0 Å². The summed E-state index contributed by atoms with van der Waals surface area (Å²) in [7, 11) is 1.82. The van der Waals surface area contributed by atoms with Gasteiger partial charge in [-0.3, -0.25) is 4.79 Å². The lowest BCUT2D eigenvalue weighted by Gasteiger charge is -2.19. The Labute approximate surface area is 143 Å². The molecule has 1 heterocycles. The first-order chi connectivity index (χ1) is 11.5. The van der Waals surface area contributed by atoms with Gasteiger partial charge in [0, 0.05) is 30.0 Å². The Hall–Kier alpha value is -2.66. The molecule has 1 aromatic heterocycles. The van der Waals surface area contributed by atoms with Crippen LogP contribution in [0, 0.1) is 5.82 Å². The molecule has 3 rings (SSSR count). The molecule has 0 fully saturated rings. The van der Waals surface area contributed by atoms with Gasteiger partial charge in [0.05, 0.1) is 0 Å². The minimum atomic E-state index is -0.577. The Morgan fingerprint density at radius 1 is 1.25 bits per heavy atom. The van der Waals surface area contributed by atoms with E-state index in [1.165, 1.54) is 12.1 Å². The van der Waals surface area contributed by atoms with E-state index in [4.69, 9.17) is 11.6 Å². The van der Waals surface area contributed by atoms with Crippen LogP contribution < -0.4 is 5.32 Å². The van der Waals surface area contributed by atoms with Gasteiger partial charge in [0.15, 0.2) is 0 Å². The topological polar surface area (TPSA) is 46.9 Å². The summed E-state index contributed by atoms with van der Waals surface area (Å²) >= 11 is 5.94. The first-order valence-corrected chi connectivity index (χ1v) is 7.71. The normalized spacial score (nSPS) is 12.0. The molecule has 0 saturated heterocycles. The van der Waals surface area contributed by atoms with Crippen LogP contribution in [-0.4, -0.2) is 15.5 Å². The first-order valence-electron chi connectivity index (χ1n) is 7.34. The number of hydrogen-bond acceptors (Lipinski definition) is 2. The van der Waals surface area contributed by atoms with E-state index in [0.717, 1.165) is 0 Å². The molecule has 0 aliphatic rings. The number of amides is 1. The van der Waals surface area contributed by atoms with E-state index in [0.29, 0.717) is 22.0 Å². The van der Waals surface area contributed by atoms with Crippen LogP contribution in [0.1, 0.15) is 27.8 Å². The molecule has 1 unspecified atom stereocenters. The molecule has 1 amide bonds. The third kappa shape index (κ3) is 3.46. The number of imidazole rings is 1. The number of benzene rings is 2. The summed E-state index contributed by atoms with van der Waals surface area (Å²) in [6, 6.07) is 12.2. The molecule has 1 atom stereocenters. The third-order valence-electron chi connectivity index (χ3n) is 3.66. The number of carbonyl (C=O) groups is 1. The molecule has 0 spiro atoms. The van der Waals surface area contributed by atoms with Crippen LogP contribution in [-0.2, 0) is 7.05 Å². The van der Waals surface area contributed by atoms with Crippen molar-refractivity contribution in [1.29, 1.82) is 0 Å². The van der Waals surface area contributed by atoms with Gasteiger partial charge in [-0.2, -0.15) is 0 Å². The number of carbonyl (C=O) groups excluding carboxylic acids is 1. The van der Waals surface area contributed by atoms with E-state index in [1.54, 1.807) is 53.4 Å². The highest BCUT2D eigenvalue weighted by Gasteiger charge is 2.22. The van der Waals surface area contributed by atoms with E-state index >= 15 is 0 Å². The third-order valence-corrected chi connectivity index (χ3v) is 3.90. The van der Waals surface area contributed by atoms with Crippen LogP contribution in [0.4, 0.5) is 4.39 Å². The molecule has 6 heteroatoms. The van der Waals surface area contributed by atoms with Crippen molar-refractivity contribution in [3.63, 3.8) is 0 Å². The Morgan fingerprint density at radius 3 is 2.71 bits per heavy atom. The molecule has 1 N–H and O–H groups in total. The number of halogens is 2. The quantitative estimate of drug-likeness (QED) is 0.784. The van der Waals surface area contributed by atoms with Gasteiger partial charge in [0.1, 0.15) is 17.7 Å². The standard InChI is InChI=1S/C18H15ClFN3O/c1-23-9-8-21-17(23)16(12-4-3-7-15(20)11-12)22-18(24)13-5-2-6-14(19)10-13/h2-11,16H,1H3,(H,22,24). The van der Waals surface area contributed by atoms with Crippen LogP contribution in [0.25, 0.3) is 0 Å². The molecule has 0 aliphatic heterocycles. The maximum Gasteiger partial charge on any atom is 0.252 e. The van der Waals surface area contributed by atoms with Crippen LogP contribution in [0.5, 0.6) is 0 Å². The fourth-order valence-corrected chi connectivity index (χ4v) is 2.67. The van der Waals surface area contributed by atoms with E-state index < -0.39 is 6.04 Å². The molecule has 0 bridgehead atoms. The predicted molar refractivity (Wildman–Crippen MR) is 90.4 cm³/mol. The second kappa shape index (κ2) is 6.84. The van der Waals surface area contributed by atoms with Crippen molar-refractivity contribution >= 4 is 17.5 Å². The van der Waals surface area contributed by atoms with Gasteiger partial charge in [-0.25, -0.2) is 9.37 Å². The lowest BCUT2D eigenvalue weighted by molar-refractivity contribution is 0.0941. The molecule has 4 nitrogen and oxygen atoms in total. The second-order valence-electron chi connectivity index (χ2n) is 5.37. The zero-order valence-electron chi connectivity index (χ0n) is 12.9. The highest BCUT2D eigenvalue weighted by molar-refractivity contribution is 6.30. The van der Waals surface area contributed by atoms with Crippen LogP contribution in [0.15, 0.2) is 60.9 Å². The second-order valence-corrected chi connectivity index (χ2v) is 5.80. The zero-order valence-corrected chi connectivity index (χ0v) is 13.7. The molecule has 0 aliphatic carbocycles. The molecular weight excluding hydrogens is 329 g/mol. The maximum absolute atomic E-state index is 13.6. The molecule has 3 aromatic rings. The monoisotopic (exact) mass is 343 g/mol. The fourth-order valence-electron chi connectivity index (χ4n) is 2.48. The highest BCUT2D eigenvalue weighted by Crippen LogP contribution is 2.22. The summed E-state index contributed by atoms with van der Waals surface area (Å²) in [5.74, 6) is -0.0746. The summed E-state index contributed by atoms with van der Waals surface area (Å²) in [5.41, 5.74) is 1.04. The molecule has 122 valence electrons. The Balaban J connectivity index is 1.96. The minimum absolute atomic E-state index is 0.310. The van der Waals surface area contributed by atoms with Crippen molar-refractivity contribution in [1.82, 2.24) is 14.9 Å². The highest BCUT2D eigenvalue weighted by atomic mass is 35.5. The van der Waals surface area contributed by atoms with Gasteiger partial charge in [-0.05, 0) is 35.9 Å². The number of nitrogens with zero attached hydrogens (tertiary/aromatic N) is 2. The predicted octanol–water partition coefficient (Wildman–Crippen LogP) is 3.73. The number of aryl methyl sites for hydroxylation is 1. The van der Waals surface area contributed by atoms with Gasteiger partial charge < -0.3 is 9.88 Å². The van der Waals surface area contributed by atoms with E-state index in [1.807, 2.05) is 7.05 Å². The van der Waals surface area contributed by atoms with Gasteiger partial charge in [-0.15, -0.1) is 0 Å². The summed E-state index contributed by atoms with van der Waals surface area (Å²) < 4.78 is 15.4. The first kappa shape index (κ1) is 16.2. The lowest BCUT2D eigenvalue weighted by atomic mass is 10.0. The van der Waals surface area contributed by atoms with Gasteiger partial charge in [-0.1, -0.05) is 29.8 Å². The fraction of sp³-hybridized carbons (Fsp3) is 0.111. The number of aromatic nitrogens is 2. The molecular formula is C18H15ClFN3O. The summed E-state index contributed by atoms with van der Waals surface area (Å²) in [4.78, 5) is 16.9.